The van der Waals surface area contributed by atoms with Crippen LogP contribution in [-0.2, 0) is 16.0 Å². The maximum Gasteiger partial charge on any atom is 0.168 e. The van der Waals surface area contributed by atoms with Crippen molar-refractivity contribution in [3.05, 3.63) is 83.1 Å². The highest BCUT2D eigenvalue weighted by molar-refractivity contribution is 6.14. The van der Waals surface area contributed by atoms with Gasteiger partial charge in [0, 0.05) is 25.5 Å². The van der Waals surface area contributed by atoms with Gasteiger partial charge in [0.15, 0.2) is 5.78 Å². The minimum absolute atomic E-state index is 0.0213. The fourth-order valence-corrected chi connectivity index (χ4v) is 3.18. The fraction of sp³-hybridized carbons (Fsp3) is 0.227. The average molecular weight is 347 g/mol. The molecule has 4 heteroatoms. The first-order chi connectivity index (χ1) is 12.7. The van der Waals surface area contributed by atoms with Crippen LogP contribution in [0.25, 0.3) is 0 Å². The molecule has 0 aliphatic heterocycles. The number of nitrogens with zero attached hydrogens (tertiary/aromatic N) is 1. The van der Waals surface area contributed by atoms with Crippen LogP contribution in [0.5, 0.6) is 0 Å². The number of ketones is 1. The molecule has 0 aromatic heterocycles. The predicted molar refractivity (Wildman–Crippen MR) is 102 cm³/mol. The Morgan fingerprint density at radius 3 is 2.31 bits per heavy atom. The highest BCUT2D eigenvalue weighted by Crippen LogP contribution is 2.32. The van der Waals surface area contributed by atoms with Gasteiger partial charge in [-0.05, 0) is 17.0 Å². The van der Waals surface area contributed by atoms with E-state index in [9.17, 15) is 14.7 Å². The summed E-state index contributed by atoms with van der Waals surface area (Å²) in [5.41, 5.74) is 2.26. The number of aliphatic hydroxyl groups is 1. The van der Waals surface area contributed by atoms with Gasteiger partial charge < -0.3 is 9.90 Å². The van der Waals surface area contributed by atoms with Crippen LogP contribution in [0.1, 0.15) is 29.9 Å². The lowest BCUT2D eigenvalue weighted by atomic mass is 9.83. The number of carbonyl (C=O) groups excluding carboxylic acids is 2. The lowest BCUT2D eigenvalue weighted by Crippen LogP contribution is -2.20. The summed E-state index contributed by atoms with van der Waals surface area (Å²) in [5.74, 6) is -0.119. The molecule has 0 fully saturated rings. The molecule has 3 rings (SSSR count). The van der Waals surface area contributed by atoms with Crippen molar-refractivity contribution in [3.8, 4) is 0 Å². The third kappa shape index (κ3) is 4.33. The van der Waals surface area contributed by atoms with Gasteiger partial charge in [-0.1, -0.05) is 60.7 Å². The van der Waals surface area contributed by atoms with Crippen LogP contribution in [0.2, 0.25) is 0 Å². The summed E-state index contributed by atoms with van der Waals surface area (Å²) in [6.45, 7) is 0. The van der Waals surface area contributed by atoms with Gasteiger partial charge in [-0.3, -0.25) is 9.79 Å². The summed E-state index contributed by atoms with van der Waals surface area (Å²) in [4.78, 5) is 28.0. The molecule has 0 amide bonds. The molecule has 4 nitrogen and oxygen atoms in total. The van der Waals surface area contributed by atoms with Crippen molar-refractivity contribution >= 4 is 18.3 Å². The molecule has 2 aromatic carbocycles. The topological polar surface area (TPSA) is 66.7 Å². The van der Waals surface area contributed by atoms with Crippen LogP contribution in [-0.4, -0.2) is 29.4 Å². The summed E-state index contributed by atoms with van der Waals surface area (Å²) in [7, 11) is 0. The first kappa shape index (κ1) is 17.8. The van der Waals surface area contributed by atoms with Gasteiger partial charge in [0.2, 0.25) is 0 Å². The van der Waals surface area contributed by atoms with Crippen LogP contribution in [0.3, 0.4) is 0 Å². The van der Waals surface area contributed by atoms with E-state index in [1.165, 1.54) is 6.21 Å². The third-order valence-electron chi connectivity index (χ3n) is 4.59. The van der Waals surface area contributed by atoms with Gasteiger partial charge in [-0.15, -0.1) is 0 Å². The van der Waals surface area contributed by atoms with E-state index in [0.717, 1.165) is 17.4 Å². The Bertz CT molecular complexity index is 825. The lowest BCUT2D eigenvalue weighted by Gasteiger charge is -2.22. The van der Waals surface area contributed by atoms with Crippen molar-refractivity contribution in [2.45, 2.75) is 31.2 Å². The molecule has 1 aliphatic carbocycles. The summed E-state index contributed by atoms with van der Waals surface area (Å²) in [6.07, 6.45) is 3.33. The molecule has 2 unspecified atom stereocenters. The van der Waals surface area contributed by atoms with Gasteiger partial charge in [-0.2, -0.15) is 0 Å². The molecule has 2 atom stereocenters. The molecule has 0 saturated carbocycles. The SMILES string of the molecule is O=CC(Cc1ccccc1)N=CC1=C(O)CC(c2ccccc2)CC1=O. The maximum atomic E-state index is 12.5. The van der Waals surface area contributed by atoms with Crippen LogP contribution in [0.4, 0.5) is 0 Å². The second kappa shape index (κ2) is 8.39. The van der Waals surface area contributed by atoms with E-state index >= 15 is 0 Å². The molecule has 26 heavy (non-hydrogen) atoms. The molecular weight excluding hydrogens is 326 g/mol. The highest BCUT2D eigenvalue weighted by Gasteiger charge is 2.27. The standard InChI is InChI=1S/C22H21NO3/c24-15-19(11-16-7-3-1-4-8-16)23-14-20-21(25)12-18(13-22(20)26)17-9-5-2-6-10-17/h1-10,14-15,18-19,25H,11-13H2. The highest BCUT2D eigenvalue weighted by atomic mass is 16.3. The van der Waals surface area contributed by atoms with Crippen LogP contribution >= 0.6 is 0 Å². The van der Waals surface area contributed by atoms with E-state index in [1.54, 1.807) is 0 Å². The van der Waals surface area contributed by atoms with E-state index in [0.29, 0.717) is 19.3 Å². The molecule has 0 saturated heterocycles. The molecule has 1 N–H and O–H groups in total. The Morgan fingerprint density at radius 1 is 1.04 bits per heavy atom. The van der Waals surface area contributed by atoms with Crippen molar-refractivity contribution in [2.24, 2.45) is 4.99 Å². The average Bonchev–Trinajstić information content (AvgIpc) is 2.67. The maximum absolute atomic E-state index is 12.5. The fourth-order valence-electron chi connectivity index (χ4n) is 3.18. The van der Waals surface area contributed by atoms with E-state index in [1.807, 2.05) is 60.7 Å². The molecule has 0 radical (unpaired) electrons. The third-order valence-corrected chi connectivity index (χ3v) is 4.59. The van der Waals surface area contributed by atoms with Gasteiger partial charge in [0.25, 0.3) is 0 Å². The number of carbonyl (C=O) groups is 2. The number of aliphatic hydroxyl groups excluding tert-OH is 1. The quantitative estimate of drug-likeness (QED) is 0.638. The number of rotatable bonds is 6. The number of aldehydes is 1. The number of Topliss-reactive ketones (excluding diaryl/α,β-unsaturated/α-hetero) is 1. The Balaban J connectivity index is 1.72. The number of hydrogen-bond donors (Lipinski definition) is 1. The van der Waals surface area contributed by atoms with Crippen LogP contribution in [0.15, 0.2) is 77.0 Å². The molecule has 132 valence electrons. The van der Waals surface area contributed by atoms with E-state index in [4.69, 9.17) is 0 Å². The minimum Gasteiger partial charge on any atom is -0.511 e. The van der Waals surface area contributed by atoms with Crippen LogP contribution < -0.4 is 0 Å². The predicted octanol–water partition coefficient (Wildman–Crippen LogP) is 3.83. The molecular formula is C22H21NO3. The Kier molecular flexibility index (Phi) is 5.74. The molecule has 0 heterocycles. The second-order valence-corrected chi connectivity index (χ2v) is 6.47. The summed E-state index contributed by atoms with van der Waals surface area (Å²) < 4.78 is 0. The monoisotopic (exact) mass is 347 g/mol. The van der Waals surface area contributed by atoms with Crippen molar-refractivity contribution in [2.75, 3.05) is 0 Å². The summed E-state index contributed by atoms with van der Waals surface area (Å²) in [5, 5.41) is 10.3. The normalized spacial score (nSPS) is 18.9. The molecule has 2 aromatic rings. The largest absolute Gasteiger partial charge is 0.511 e. The van der Waals surface area contributed by atoms with Crippen molar-refractivity contribution in [3.63, 3.8) is 0 Å². The first-order valence-electron chi connectivity index (χ1n) is 8.70. The Hall–Kier alpha value is -3.01. The zero-order valence-electron chi connectivity index (χ0n) is 14.4. The summed E-state index contributed by atoms with van der Waals surface area (Å²) in [6, 6.07) is 18.7. The van der Waals surface area contributed by atoms with Gasteiger partial charge in [0.05, 0.1) is 5.57 Å². The van der Waals surface area contributed by atoms with Crippen molar-refractivity contribution < 1.29 is 14.7 Å². The molecule has 0 bridgehead atoms. The zero-order chi connectivity index (χ0) is 18.4. The number of benzene rings is 2. The second-order valence-electron chi connectivity index (χ2n) is 6.47. The van der Waals surface area contributed by atoms with Gasteiger partial charge in [0.1, 0.15) is 18.1 Å². The lowest BCUT2D eigenvalue weighted by molar-refractivity contribution is -0.116. The zero-order valence-corrected chi connectivity index (χ0v) is 14.4. The number of hydrogen-bond acceptors (Lipinski definition) is 4. The number of allylic oxidation sites excluding steroid dienone is 2. The van der Waals surface area contributed by atoms with Gasteiger partial charge >= 0.3 is 0 Å². The van der Waals surface area contributed by atoms with Crippen molar-refractivity contribution in [1.82, 2.24) is 0 Å². The van der Waals surface area contributed by atoms with E-state index in [2.05, 4.69) is 4.99 Å². The first-order valence-corrected chi connectivity index (χ1v) is 8.70. The van der Waals surface area contributed by atoms with E-state index in [-0.39, 0.29) is 23.0 Å². The summed E-state index contributed by atoms with van der Waals surface area (Å²) >= 11 is 0. The Labute approximate surface area is 152 Å². The van der Waals surface area contributed by atoms with Crippen LogP contribution in [0, 0.1) is 0 Å². The van der Waals surface area contributed by atoms with Gasteiger partial charge in [-0.25, -0.2) is 0 Å². The van der Waals surface area contributed by atoms with Crippen molar-refractivity contribution in [1.29, 1.82) is 0 Å². The Morgan fingerprint density at radius 2 is 1.69 bits per heavy atom. The minimum atomic E-state index is -0.572. The smallest absolute Gasteiger partial charge is 0.168 e. The molecule has 0 spiro atoms. The number of aliphatic imine (C=N–C) groups is 1. The van der Waals surface area contributed by atoms with E-state index < -0.39 is 6.04 Å². The molecule has 1 aliphatic rings.